The molecular formula is C12H25NO. The van der Waals surface area contributed by atoms with Crippen LogP contribution in [-0.2, 0) is 4.79 Å². The normalized spacial score (nSPS) is 14.1. The fraction of sp³-hybridized carbons (Fsp3) is 0.917. The molecule has 2 nitrogen and oxygen atoms in total. The average molecular weight is 199 g/mol. The monoisotopic (exact) mass is 199 g/mol. The molecule has 0 fully saturated rings. The van der Waals surface area contributed by atoms with Gasteiger partial charge in [-0.15, -0.1) is 0 Å². The summed E-state index contributed by atoms with van der Waals surface area (Å²) in [7, 11) is 0. The molecule has 1 atom stereocenters. The summed E-state index contributed by atoms with van der Waals surface area (Å²) in [5.41, 5.74) is 5.98. The van der Waals surface area contributed by atoms with Gasteiger partial charge in [-0.2, -0.15) is 0 Å². The minimum absolute atomic E-state index is 0.00312. The second-order valence-electron chi connectivity index (χ2n) is 5.17. The Labute approximate surface area is 88.3 Å². The standard InChI is InChI=1S/C12H25NO/c1-5-6-7-8-10(14)9-11(13)12(2,3)4/h11H,5-9,13H2,1-4H3. The van der Waals surface area contributed by atoms with Gasteiger partial charge in [-0.1, -0.05) is 40.5 Å². The van der Waals surface area contributed by atoms with Crippen LogP contribution in [0.15, 0.2) is 0 Å². The quantitative estimate of drug-likeness (QED) is 0.668. The van der Waals surface area contributed by atoms with Gasteiger partial charge in [0.1, 0.15) is 5.78 Å². The van der Waals surface area contributed by atoms with E-state index in [1.165, 1.54) is 6.42 Å². The van der Waals surface area contributed by atoms with E-state index in [-0.39, 0.29) is 11.5 Å². The van der Waals surface area contributed by atoms with Gasteiger partial charge < -0.3 is 5.73 Å². The molecule has 84 valence electrons. The highest BCUT2D eigenvalue weighted by Gasteiger charge is 2.22. The zero-order chi connectivity index (χ0) is 11.2. The topological polar surface area (TPSA) is 43.1 Å². The van der Waals surface area contributed by atoms with Crippen molar-refractivity contribution in [2.75, 3.05) is 0 Å². The third-order valence-corrected chi connectivity index (χ3v) is 2.62. The van der Waals surface area contributed by atoms with Crippen LogP contribution in [0, 0.1) is 5.41 Å². The molecule has 0 heterocycles. The number of rotatable bonds is 6. The Bertz CT molecular complexity index is 170. The van der Waals surface area contributed by atoms with Crippen molar-refractivity contribution in [1.29, 1.82) is 0 Å². The molecule has 0 saturated carbocycles. The third kappa shape index (κ3) is 6.14. The van der Waals surface area contributed by atoms with E-state index in [2.05, 4.69) is 27.7 Å². The Morgan fingerprint density at radius 2 is 1.86 bits per heavy atom. The van der Waals surface area contributed by atoms with Crippen LogP contribution in [0.1, 0.15) is 59.8 Å². The second-order valence-corrected chi connectivity index (χ2v) is 5.17. The SMILES string of the molecule is CCCCCC(=O)CC(N)C(C)(C)C. The first-order chi connectivity index (χ1) is 6.38. The van der Waals surface area contributed by atoms with E-state index in [0.29, 0.717) is 18.6 Å². The lowest BCUT2D eigenvalue weighted by atomic mass is 9.84. The van der Waals surface area contributed by atoms with Crippen LogP contribution in [0.4, 0.5) is 0 Å². The molecule has 2 N–H and O–H groups in total. The lowest BCUT2D eigenvalue weighted by Crippen LogP contribution is -2.36. The molecule has 1 unspecified atom stereocenters. The van der Waals surface area contributed by atoms with Crippen LogP contribution in [0.3, 0.4) is 0 Å². The molecule has 0 rings (SSSR count). The Morgan fingerprint density at radius 3 is 2.29 bits per heavy atom. The molecule has 14 heavy (non-hydrogen) atoms. The fourth-order valence-electron chi connectivity index (χ4n) is 1.23. The molecule has 0 aliphatic heterocycles. The van der Waals surface area contributed by atoms with Crippen molar-refractivity contribution >= 4 is 5.78 Å². The number of hydrogen-bond acceptors (Lipinski definition) is 2. The lowest BCUT2D eigenvalue weighted by molar-refractivity contribution is -0.120. The molecule has 0 bridgehead atoms. The zero-order valence-corrected chi connectivity index (χ0v) is 10.1. The van der Waals surface area contributed by atoms with Crippen molar-refractivity contribution in [1.82, 2.24) is 0 Å². The maximum absolute atomic E-state index is 11.5. The van der Waals surface area contributed by atoms with E-state index in [0.717, 1.165) is 12.8 Å². The van der Waals surface area contributed by atoms with E-state index in [9.17, 15) is 4.79 Å². The van der Waals surface area contributed by atoms with Gasteiger partial charge in [-0.3, -0.25) is 4.79 Å². The molecule has 0 radical (unpaired) electrons. The Kier molecular flexibility index (Phi) is 6.01. The minimum Gasteiger partial charge on any atom is -0.327 e. The van der Waals surface area contributed by atoms with Crippen molar-refractivity contribution in [2.24, 2.45) is 11.1 Å². The van der Waals surface area contributed by atoms with Crippen molar-refractivity contribution < 1.29 is 4.79 Å². The molecule has 0 aromatic heterocycles. The number of unbranched alkanes of at least 4 members (excludes halogenated alkanes) is 2. The van der Waals surface area contributed by atoms with Crippen LogP contribution < -0.4 is 5.73 Å². The molecule has 0 aromatic rings. The van der Waals surface area contributed by atoms with Gasteiger partial charge in [0.05, 0.1) is 0 Å². The minimum atomic E-state index is -0.00312. The predicted molar refractivity (Wildman–Crippen MR) is 61.2 cm³/mol. The Hall–Kier alpha value is -0.370. The number of nitrogens with two attached hydrogens (primary N) is 1. The van der Waals surface area contributed by atoms with E-state index >= 15 is 0 Å². The number of hydrogen-bond donors (Lipinski definition) is 1. The zero-order valence-electron chi connectivity index (χ0n) is 10.1. The van der Waals surface area contributed by atoms with E-state index in [4.69, 9.17) is 5.73 Å². The van der Waals surface area contributed by atoms with Gasteiger partial charge in [-0.25, -0.2) is 0 Å². The number of carbonyl (C=O) groups is 1. The summed E-state index contributed by atoms with van der Waals surface area (Å²) in [5.74, 6) is 0.320. The van der Waals surface area contributed by atoms with Gasteiger partial charge in [-0.05, 0) is 11.8 Å². The van der Waals surface area contributed by atoms with E-state index < -0.39 is 0 Å². The first-order valence-corrected chi connectivity index (χ1v) is 5.65. The first-order valence-electron chi connectivity index (χ1n) is 5.65. The molecular weight excluding hydrogens is 174 g/mol. The van der Waals surface area contributed by atoms with Gasteiger partial charge >= 0.3 is 0 Å². The molecule has 0 aromatic carbocycles. The molecule has 0 saturated heterocycles. The van der Waals surface area contributed by atoms with Crippen molar-refractivity contribution in [2.45, 2.75) is 65.8 Å². The van der Waals surface area contributed by atoms with Crippen LogP contribution >= 0.6 is 0 Å². The van der Waals surface area contributed by atoms with Crippen molar-refractivity contribution in [3.05, 3.63) is 0 Å². The summed E-state index contributed by atoms with van der Waals surface area (Å²) in [4.78, 5) is 11.5. The largest absolute Gasteiger partial charge is 0.327 e. The molecule has 2 heteroatoms. The summed E-state index contributed by atoms with van der Waals surface area (Å²) < 4.78 is 0. The van der Waals surface area contributed by atoms with Crippen LogP contribution in [0.2, 0.25) is 0 Å². The molecule has 0 amide bonds. The summed E-state index contributed by atoms with van der Waals surface area (Å²) in [6.45, 7) is 8.39. The summed E-state index contributed by atoms with van der Waals surface area (Å²) >= 11 is 0. The summed E-state index contributed by atoms with van der Waals surface area (Å²) in [6, 6.07) is -0.00312. The smallest absolute Gasteiger partial charge is 0.134 e. The maximum atomic E-state index is 11.5. The summed E-state index contributed by atoms with van der Waals surface area (Å²) in [5, 5.41) is 0. The van der Waals surface area contributed by atoms with Crippen LogP contribution in [0.25, 0.3) is 0 Å². The van der Waals surface area contributed by atoms with Crippen molar-refractivity contribution in [3.8, 4) is 0 Å². The third-order valence-electron chi connectivity index (χ3n) is 2.62. The van der Waals surface area contributed by atoms with Gasteiger partial charge in [0, 0.05) is 18.9 Å². The van der Waals surface area contributed by atoms with Crippen LogP contribution in [0.5, 0.6) is 0 Å². The number of carbonyl (C=O) groups excluding carboxylic acids is 1. The number of Topliss-reactive ketones (excluding diaryl/α,β-unsaturated/α-hetero) is 1. The fourth-order valence-corrected chi connectivity index (χ4v) is 1.23. The highest BCUT2D eigenvalue weighted by molar-refractivity contribution is 5.79. The average Bonchev–Trinajstić information content (AvgIpc) is 2.03. The predicted octanol–water partition coefficient (Wildman–Crippen LogP) is 2.90. The van der Waals surface area contributed by atoms with Gasteiger partial charge in [0.2, 0.25) is 0 Å². The Balaban J connectivity index is 3.72. The van der Waals surface area contributed by atoms with Gasteiger partial charge in [0.15, 0.2) is 0 Å². The van der Waals surface area contributed by atoms with E-state index in [1.807, 2.05) is 0 Å². The van der Waals surface area contributed by atoms with Crippen LogP contribution in [-0.4, -0.2) is 11.8 Å². The van der Waals surface area contributed by atoms with Gasteiger partial charge in [0.25, 0.3) is 0 Å². The molecule has 0 spiro atoms. The van der Waals surface area contributed by atoms with Crippen molar-refractivity contribution in [3.63, 3.8) is 0 Å². The molecule has 0 aliphatic carbocycles. The first kappa shape index (κ1) is 13.6. The number of ketones is 1. The lowest BCUT2D eigenvalue weighted by Gasteiger charge is -2.26. The Morgan fingerprint density at radius 1 is 1.29 bits per heavy atom. The second kappa shape index (κ2) is 6.18. The highest BCUT2D eigenvalue weighted by Crippen LogP contribution is 2.20. The summed E-state index contributed by atoms with van der Waals surface area (Å²) in [6.07, 6.45) is 4.58. The maximum Gasteiger partial charge on any atom is 0.134 e. The highest BCUT2D eigenvalue weighted by atomic mass is 16.1. The molecule has 0 aliphatic rings. The van der Waals surface area contributed by atoms with E-state index in [1.54, 1.807) is 0 Å².